The van der Waals surface area contributed by atoms with Crippen LogP contribution in [-0.4, -0.2) is 38.8 Å². The van der Waals surface area contributed by atoms with Crippen molar-refractivity contribution >= 4 is 11.6 Å². The predicted molar refractivity (Wildman–Crippen MR) is 108 cm³/mol. The first kappa shape index (κ1) is 19.0. The Morgan fingerprint density at radius 2 is 2.03 bits per heavy atom. The monoisotopic (exact) mass is 391 g/mol. The van der Waals surface area contributed by atoms with E-state index in [1.165, 1.54) is 12.1 Å². The van der Waals surface area contributed by atoms with Crippen LogP contribution in [0.1, 0.15) is 29.4 Å². The summed E-state index contributed by atoms with van der Waals surface area (Å²) in [4.78, 5) is 27.9. The largest absolute Gasteiger partial charge is 0.397 e. The highest BCUT2D eigenvalue weighted by atomic mass is 19.1. The van der Waals surface area contributed by atoms with Gasteiger partial charge in [0.05, 0.1) is 23.5 Å². The minimum atomic E-state index is -0.289. The number of halogens is 1. The first-order chi connectivity index (χ1) is 14.0. The molecule has 2 aromatic heterocycles. The number of carbonyl (C=O) groups is 1. The minimum Gasteiger partial charge on any atom is -0.397 e. The fourth-order valence-electron chi connectivity index (χ4n) is 3.69. The number of hydrogen-bond acceptors (Lipinski definition) is 5. The number of pyridine rings is 1. The van der Waals surface area contributed by atoms with E-state index in [-0.39, 0.29) is 24.1 Å². The van der Waals surface area contributed by atoms with Crippen LogP contribution < -0.4 is 5.73 Å². The number of carbonyl (C=O) groups excluding carboxylic acids is 1. The zero-order chi connectivity index (χ0) is 20.4. The SMILES string of the molecule is Cc1cc(F)ccc1-c1ccc(N)c(CC(=O)N2CC[C@@H](c3ncccn3)C2)n1. The lowest BCUT2D eigenvalue weighted by atomic mass is 10.0. The number of anilines is 1. The van der Waals surface area contributed by atoms with Crippen molar-refractivity contribution in [3.63, 3.8) is 0 Å². The van der Waals surface area contributed by atoms with Crippen molar-refractivity contribution in [1.82, 2.24) is 19.9 Å². The van der Waals surface area contributed by atoms with Gasteiger partial charge in [-0.05, 0) is 55.3 Å². The fourth-order valence-corrected chi connectivity index (χ4v) is 3.69. The van der Waals surface area contributed by atoms with Crippen molar-refractivity contribution < 1.29 is 9.18 Å². The molecule has 1 aliphatic heterocycles. The molecule has 1 aliphatic rings. The summed E-state index contributed by atoms with van der Waals surface area (Å²) in [6.07, 6.45) is 4.41. The summed E-state index contributed by atoms with van der Waals surface area (Å²) >= 11 is 0. The first-order valence-electron chi connectivity index (χ1n) is 9.58. The van der Waals surface area contributed by atoms with Gasteiger partial charge >= 0.3 is 0 Å². The topological polar surface area (TPSA) is 85.0 Å². The number of amides is 1. The molecule has 1 atom stereocenters. The lowest BCUT2D eigenvalue weighted by Crippen LogP contribution is -2.30. The predicted octanol–water partition coefficient (Wildman–Crippen LogP) is 3.13. The van der Waals surface area contributed by atoms with E-state index in [2.05, 4.69) is 15.0 Å². The summed E-state index contributed by atoms with van der Waals surface area (Å²) in [6.45, 7) is 3.09. The van der Waals surface area contributed by atoms with Crippen molar-refractivity contribution in [3.8, 4) is 11.3 Å². The van der Waals surface area contributed by atoms with Crippen LogP contribution in [0.15, 0.2) is 48.8 Å². The Kier molecular flexibility index (Phi) is 5.20. The van der Waals surface area contributed by atoms with Gasteiger partial charge in [-0.1, -0.05) is 0 Å². The Labute approximate surface area is 168 Å². The van der Waals surface area contributed by atoms with Crippen LogP contribution >= 0.6 is 0 Å². The highest BCUT2D eigenvalue weighted by Crippen LogP contribution is 2.27. The molecule has 7 heteroatoms. The van der Waals surface area contributed by atoms with Gasteiger partial charge in [-0.25, -0.2) is 14.4 Å². The summed E-state index contributed by atoms with van der Waals surface area (Å²) in [5.74, 6) is 0.617. The van der Waals surface area contributed by atoms with E-state index >= 15 is 0 Å². The molecule has 0 spiro atoms. The van der Waals surface area contributed by atoms with E-state index in [9.17, 15) is 9.18 Å². The number of aromatic nitrogens is 3. The zero-order valence-electron chi connectivity index (χ0n) is 16.2. The standard InChI is InChI=1S/C22H22FN5O/c1-14-11-16(23)3-4-17(14)19-6-5-18(24)20(27-19)12-21(29)28-10-7-15(13-28)22-25-8-2-9-26-22/h2-6,8-9,11,15H,7,10,12-13,24H2,1H3/t15-/m1/s1. The van der Waals surface area contributed by atoms with Gasteiger partial charge in [-0.2, -0.15) is 0 Å². The lowest BCUT2D eigenvalue weighted by molar-refractivity contribution is -0.129. The van der Waals surface area contributed by atoms with E-state index in [0.29, 0.717) is 30.2 Å². The average molecular weight is 391 g/mol. The summed E-state index contributed by atoms with van der Waals surface area (Å²) in [7, 11) is 0. The molecular formula is C22H22FN5O. The van der Waals surface area contributed by atoms with E-state index in [4.69, 9.17) is 5.73 Å². The smallest absolute Gasteiger partial charge is 0.228 e. The molecule has 1 aromatic carbocycles. The summed E-state index contributed by atoms with van der Waals surface area (Å²) in [6, 6.07) is 9.89. The van der Waals surface area contributed by atoms with Crippen molar-refractivity contribution in [1.29, 1.82) is 0 Å². The van der Waals surface area contributed by atoms with Crippen LogP contribution in [0.25, 0.3) is 11.3 Å². The number of nitrogens with two attached hydrogens (primary N) is 1. The molecular weight excluding hydrogens is 369 g/mol. The lowest BCUT2D eigenvalue weighted by Gasteiger charge is -2.17. The van der Waals surface area contributed by atoms with Gasteiger partial charge in [0.1, 0.15) is 11.6 Å². The van der Waals surface area contributed by atoms with E-state index in [1.807, 2.05) is 11.8 Å². The van der Waals surface area contributed by atoms with Crippen molar-refractivity contribution in [3.05, 3.63) is 71.7 Å². The molecule has 0 aliphatic carbocycles. The number of rotatable bonds is 4. The van der Waals surface area contributed by atoms with E-state index in [1.54, 1.807) is 36.7 Å². The number of nitrogen functional groups attached to an aromatic ring is 1. The fraction of sp³-hybridized carbons (Fsp3) is 0.273. The first-order valence-corrected chi connectivity index (χ1v) is 9.58. The Morgan fingerprint density at radius 1 is 1.24 bits per heavy atom. The van der Waals surface area contributed by atoms with Crippen LogP contribution in [0.5, 0.6) is 0 Å². The molecule has 1 saturated heterocycles. The van der Waals surface area contributed by atoms with Crippen molar-refractivity contribution in [2.45, 2.75) is 25.7 Å². The number of nitrogens with zero attached hydrogens (tertiary/aromatic N) is 4. The maximum absolute atomic E-state index is 13.4. The second kappa shape index (κ2) is 7.95. The van der Waals surface area contributed by atoms with Gasteiger partial charge in [0, 0.05) is 37.0 Å². The number of benzene rings is 1. The molecule has 0 radical (unpaired) electrons. The molecule has 1 fully saturated rings. The molecule has 148 valence electrons. The van der Waals surface area contributed by atoms with Crippen LogP contribution in [0, 0.1) is 12.7 Å². The van der Waals surface area contributed by atoms with Gasteiger partial charge in [0.2, 0.25) is 5.91 Å². The quantitative estimate of drug-likeness (QED) is 0.739. The molecule has 4 rings (SSSR count). The molecule has 2 N–H and O–H groups in total. The summed E-state index contributed by atoms with van der Waals surface area (Å²) < 4.78 is 13.4. The third-order valence-corrected chi connectivity index (χ3v) is 5.28. The molecule has 6 nitrogen and oxygen atoms in total. The normalized spacial score (nSPS) is 16.2. The van der Waals surface area contributed by atoms with Crippen molar-refractivity contribution in [2.75, 3.05) is 18.8 Å². The van der Waals surface area contributed by atoms with Crippen LogP contribution in [0.4, 0.5) is 10.1 Å². The van der Waals surface area contributed by atoms with Gasteiger partial charge < -0.3 is 10.6 Å². The molecule has 0 unspecified atom stereocenters. The van der Waals surface area contributed by atoms with Crippen LogP contribution in [0.2, 0.25) is 0 Å². The highest BCUT2D eigenvalue weighted by molar-refractivity contribution is 5.80. The Morgan fingerprint density at radius 3 is 2.79 bits per heavy atom. The van der Waals surface area contributed by atoms with Crippen molar-refractivity contribution in [2.24, 2.45) is 0 Å². The number of hydrogen-bond donors (Lipinski definition) is 1. The van der Waals surface area contributed by atoms with E-state index in [0.717, 1.165) is 23.4 Å². The minimum absolute atomic E-state index is 0.0180. The second-order valence-electron chi connectivity index (χ2n) is 7.30. The molecule has 0 saturated carbocycles. The Bertz CT molecular complexity index is 1040. The molecule has 1 amide bonds. The summed E-state index contributed by atoms with van der Waals surface area (Å²) in [5.41, 5.74) is 9.38. The number of aryl methyl sites for hydroxylation is 1. The molecule has 3 aromatic rings. The maximum Gasteiger partial charge on any atom is 0.228 e. The molecule has 0 bridgehead atoms. The van der Waals surface area contributed by atoms with E-state index < -0.39 is 0 Å². The average Bonchev–Trinajstić information content (AvgIpc) is 3.21. The zero-order valence-corrected chi connectivity index (χ0v) is 16.2. The molecule has 3 heterocycles. The highest BCUT2D eigenvalue weighted by Gasteiger charge is 2.29. The van der Waals surface area contributed by atoms with Gasteiger partial charge in [-0.3, -0.25) is 9.78 Å². The third-order valence-electron chi connectivity index (χ3n) is 5.28. The van der Waals surface area contributed by atoms with Crippen LogP contribution in [0.3, 0.4) is 0 Å². The maximum atomic E-state index is 13.4. The van der Waals surface area contributed by atoms with Gasteiger partial charge in [0.15, 0.2) is 0 Å². The van der Waals surface area contributed by atoms with Gasteiger partial charge in [0.25, 0.3) is 0 Å². The van der Waals surface area contributed by atoms with Crippen LogP contribution in [-0.2, 0) is 11.2 Å². The Hall–Kier alpha value is -3.35. The molecule has 29 heavy (non-hydrogen) atoms. The summed E-state index contributed by atoms with van der Waals surface area (Å²) in [5, 5.41) is 0. The third kappa shape index (κ3) is 4.08. The number of likely N-dealkylation sites (tertiary alicyclic amines) is 1. The van der Waals surface area contributed by atoms with Gasteiger partial charge in [-0.15, -0.1) is 0 Å². The Balaban J connectivity index is 1.50. The second-order valence-corrected chi connectivity index (χ2v) is 7.30.